The van der Waals surface area contributed by atoms with E-state index in [4.69, 9.17) is 0 Å². The summed E-state index contributed by atoms with van der Waals surface area (Å²) >= 11 is 0. The fourth-order valence-electron chi connectivity index (χ4n) is 3.78. The third kappa shape index (κ3) is 5.25. The van der Waals surface area contributed by atoms with Gasteiger partial charge in [-0.2, -0.15) is 0 Å². The summed E-state index contributed by atoms with van der Waals surface area (Å²) in [5.74, 6) is 0.0608. The van der Waals surface area contributed by atoms with Gasteiger partial charge in [-0.05, 0) is 49.3 Å². The first-order chi connectivity index (χ1) is 14.5. The van der Waals surface area contributed by atoms with E-state index in [-0.39, 0.29) is 5.91 Å². The summed E-state index contributed by atoms with van der Waals surface area (Å²) in [4.78, 5) is 22.9. The molecule has 6 heteroatoms. The van der Waals surface area contributed by atoms with E-state index in [1.54, 1.807) is 12.3 Å². The third-order valence-electron chi connectivity index (χ3n) is 5.51. The molecule has 0 aliphatic carbocycles. The molecule has 1 aliphatic rings. The molecule has 1 saturated heterocycles. The van der Waals surface area contributed by atoms with Crippen LogP contribution in [0.4, 0.5) is 10.1 Å². The van der Waals surface area contributed by atoms with Crippen LogP contribution >= 0.6 is 0 Å². The average molecular weight is 411 g/mol. The molecule has 0 unspecified atom stereocenters. The topological polar surface area (TPSA) is 39.7 Å². The van der Waals surface area contributed by atoms with E-state index in [2.05, 4.69) is 16.0 Å². The van der Waals surface area contributed by atoms with Gasteiger partial charge in [0.05, 0.1) is 11.9 Å². The molecule has 1 aromatic carbocycles. The van der Waals surface area contributed by atoms with E-state index in [0.717, 1.165) is 54.0 Å². The second kappa shape index (κ2) is 10.3. The van der Waals surface area contributed by atoms with E-state index in [1.165, 1.54) is 0 Å². The Kier molecular flexibility index (Phi) is 7.57. The molecule has 2 aromatic rings. The highest BCUT2D eigenvalue weighted by molar-refractivity contribution is 5.88. The van der Waals surface area contributed by atoms with Crippen LogP contribution in [0.15, 0.2) is 48.8 Å². The number of aromatic nitrogens is 1. The number of hydrogen-bond donors (Lipinski definition) is 0. The summed E-state index contributed by atoms with van der Waals surface area (Å²) in [5, 5.41) is 0. The van der Waals surface area contributed by atoms with Crippen molar-refractivity contribution in [2.75, 3.05) is 51.7 Å². The van der Waals surface area contributed by atoms with Crippen LogP contribution in [-0.2, 0) is 17.9 Å². The van der Waals surface area contributed by atoms with E-state index in [1.807, 2.05) is 61.3 Å². The van der Waals surface area contributed by atoms with Crippen LogP contribution in [0.1, 0.15) is 18.1 Å². The molecule has 0 saturated carbocycles. The van der Waals surface area contributed by atoms with E-state index < -0.39 is 6.67 Å². The Morgan fingerprint density at radius 1 is 1.17 bits per heavy atom. The number of alkyl halides is 1. The maximum atomic E-state index is 13.5. The largest absolute Gasteiger partial charge is 0.366 e. The van der Waals surface area contributed by atoms with Crippen molar-refractivity contribution in [1.82, 2.24) is 14.8 Å². The van der Waals surface area contributed by atoms with Crippen molar-refractivity contribution in [1.29, 1.82) is 0 Å². The van der Waals surface area contributed by atoms with Gasteiger partial charge in [0, 0.05) is 50.6 Å². The predicted octanol–water partition coefficient (Wildman–Crippen LogP) is 3.55. The fraction of sp³-hybridized carbons (Fsp3) is 0.417. The van der Waals surface area contributed by atoms with Gasteiger partial charge in [0.2, 0.25) is 5.91 Å². The van der Waals surface area contributed by atoms with Crippen LogP contribution < -0.4 is 4.90 Å². The molecule has 160 valence electrons. The number of aryl methyl sites for hydroxylation is 1. The summed E-state index contributed by atoms with van der Waals surface area (Å²) < 4.78 is 13.5. The molecule has 1 aromatic heterocycles. The molecule has 0 bridgehead atoms. The quantitative estimate of drug-likeness (QED) is 0.655. The number of hydrogen-bond acceptors (Lipinski definition) is 4. The first kappa shape index (κ1) is 22.0. The summed E-state index contributed by atoms with van der Waals surface area (Å²) in [7, 11) is 3.96. The van der Waals surface area contributed by atoms with Crippen LogP contribution in [0, 0.1) is 0 Å². The minimum absolute atomic E-state index is 0.0608. The number of piperazine rings is 1. The molecular formula is C24H31FN4O. The molecule has 0 radical (unpaired) electrons. The number of nitrogens with zero attached hydrogens (tertiary/aromatic N) is 4. The third-order valence-corrected chi connectivity index (χ3v) is 5.51. The lowest BCUT2D eigenvalue weighted by molar-refractivity contribution is -0.126. The Hall–Kier alpha value is -2.73. The highest BCUT2D eigenvalue weighted by atomic mass is 19.1. The fourth-order valence-corrected chi connectivity index (χ4v) is 3.78. The maximum absolute atomic E-state index is 13.5. The van der Waals surface area contributed by atoms with Crippen molar-refractivity contribution in [2.45, 2.75) is 20.0 Å². The van der Waals surface area contributed by atoms with Gasteiger partial charge in [-0.15, -0.1) is 0 Å². The van der Waals surface area contributed by atoms with Crippen molar-refractivity contribution in [3.05, 3.63) is 59.9 Å². The molecule has 1 amide bonds. The zero-order valence-corrected chi connectivity index (χ0v) is 18.1. The molecule has 1 fully saturated rings. The van der Waals surface area contributed by atoms with Gasteiger partial charge < -0.3 is 14.7 Å². The molecule has 0 N–H and O–H groups in total. The van der Waals surface area contributed by atoms with Crippen LogP contribution in [0.2, 0.25) is 0 Å². The van der Waals surface area contributed by atoms with Gasteiger partial charge in [-0.3, -0.25) is 9.78 Å². The second-order valence-corrected chi connectivity index (χ2v) is 7.84. The molecule has 5 nitrogen and oxygen atoms in total. The monoisotopic (exact) mass is 410 g/mol. The first-order valence-corrected chi connectivity index (χ1v) is 10.5. The number of pyridine rings is 1. The predicted molar refractivity (Wildman–Crippen MR) is 120 cm³/mol. The van der Waals surface area contributed by atoms with Crippen LogP contribution in [0.25, 0.3) is 11.1 Å². The zero-order valence-electron chi connectivity index (χ0n) is 18.1. The molecule has 0 spiro atoms. The first-order valence-electron chi connectivity index (χ1n) is 10.5. The minimum Gasteiger partial charge on any atom is -0.366 e. The van der Waals surface area contributed by atoms with Crippen molar-refractivity contribution < 1.29 is 9.18 Å². The molecule has 30 heavy (non-hydrogen) atoms. The van der Waals surface area contributed by atoms with Gasteiger partial charge in [-0.1, -0.05) is 25.1 Å². The lowest BCUT2D eigenvalue weighted by Crippen LogP contribution is -2.48. The highest BCUT2D eigenvalue weighted by Crippen LogP contribution is 2.32. The normalized spacial score (nSPS) is 14.7. The van der Waals surface area contributed by atoms with Crippen molar-refractivity contribution >= 4 is 11.6 Å². The van der Waals surface area contributed by atoms with Crippen LogP contribution in [0.3, 0.4) is 0 Å². The van der Waals surface area contributed by atoms with Crippen molar-refractivity contribution in [2.24, 2.45) is 0 Å². The number of likely N-dealkylation sites (N-methyl/N-ethyl adjacent to an activating group) is 1. The Bertz CT molecular complexity index is 889. The number of amides is 1. The average Bonchev–Trinajstić information content (AvgIpc) is 2.78. The number of rotatable bonds is 7. The number of anilines is 1. The van der Waals surface area contributed by atoms with Gasteiger partial charge >= 0.3 is 0 Å². The molecular weight excluding hydrogens is 379 g/mol. The van der Waals surface area contributed by atoms with Gasteiger partial charge in [-0.25, -0.2) is 4.39 Å². The Balaban J connectivity index is 1.73. The van der Waals surface area contributed by atoms with Crippen molar-refractivity contribution in [3.8, 4) is 11.1 Å². The summed E-state index contributed by atoms with van der Waals surface area (Å²) in [6.07, 6.45) is 8.03. The Morgan fingerprint density at radius 2 is 1.93 bits per heavy atom. The number of halogens is 1. The van der Waals surface area contributed by atoms with E-state index >= 15 is 0 Å². The van der Waals surface area contributed by atoms with Gasteiger partial charge in [0.1, 0.15) is 6.67 Å². The molecule has 0 atom stereocenters. The summed E-state index contributed by atoms with van der Waals surface area (Å²) in [6.45, 7) is 5.17. The maximum Gasteiger partial charge on any atom is 0.246 e. The standard InChI is InChI=1S/C24H31FN4O/c1-4-19-7-8-20(16-21(19)17-25)22-9-10-26-18-23(22)28-12-14-29(15-13-28)24(30)6-5-11-27(2)3/h5-10,16,18H,4,11-15,17H2,1-3H3/b6-5+. The second-order valence-electron chi connectivity index (χ2n) is 7.84. The minimum atomic E-state index is -0.459. The SMILES string of the molecule is CCc1ccc(-c2ccncc2N2CCN(C(=O)/C=C/CN(C)C)CC2)cc1CF. The van der Waals surface area contributed by atoms with Crippen molar-refractivity contribution in [3.63, 3.8) is 0 Å². The summed E-state index contributed by atoms with van der Waals surface area (Å²) in [5.41, 5.74) is 4.88. The van der Waals surface area contributed by atoms with E-state index in [0.29, 0.717) is 13.1 Å². The smallest absolute Gasteiger partial charge is 0.246 e. The van der Waals surface area contributed by atoms with Gasteiger partial charge in [0.15, 0.2) is 0 Å². The molecule has 2 heterocycles. The van der Waals surface area contributed by atoms with Crippen LogP contribution in [-0.4, -0.2) is 67.5 Å². The molecule has 3 rings (SSSR count). The highest BCUT2D eigenvalue weighted by Gasteiger charge is 2.22. The van der Waals surface area contributed by atoms with E-state index in [9.17, 15) is 9.18 Å². The summed E-state index contributed by atoms with van der Waals surface area (Å²) in [6, 6.07) is 8.02. The Labute approximate surface area is 178 Å². The number of carbonyl (C=O) groups excluding carboxylic acids is 1. The molecule has 1 aliphatic heterocycles. The van der Waals surface area contributed by atoms with Gasteiger partial charge in [0.25, 0.3) is 0 Å². The van der Waals surface area contributed by atoms with Crippen LogP contribution in [0.5, 0.6) is 0 Å². The lowest BCUT2D eigenvalue weighted by atomic mass is 9.97. The lowest BCUT2D eigenvalue weighted by Gasteiger charge is -2.36. The Morgan fingerprint density at radius 3 is 2.60 bits per heavy atom. The number of carbonyl (C=O) groups is 1. The zero-order chi connectivity index (χ0) is 21.5. The number of benzene rings is 1.